The Morgan fingerprint density at radius 1 is 1.15 bits per heavy atom. The van der Waals surface area contributed by atoms with Crippen LogP contribution < -0.4 is 5.73 Å². The van der Waals surface area contributed by atoms with Gasteiger partial charge in [-0.2, -0.15) is 0 Å². The van der Waals surface area contributed by atoms with Gasteiger partial charge >= 0.3 is 0 Å². The molecule has 0 saturated carbocycles. The van der Waals surface area contributed by atoms with Crippen molar-refractivity contribution >= 4 is 17.7 Å². The van der Waals surface area contributed by atoms with Gasteiger partial charge in [-0.05, 0) is 39.8 Å². The number of nitrogens with zero attached hydrogens (tertiary/aromatic N) is 1. The van der Waals surface area contributed by atoms with Crippen LogP contribution in [0.1, 0.15) is 34.1 Å². The van der Waals surface area contributed by atoms with Crippen LogP contribution in [0.15, 0.2) is 35.2 Å². The SMILES string of the molecule is CC(C)N(C(=O)C[C@@H](N)CSc1ccccc1)C(C)C. The van der Waals surface area contributed by atoms with E-state index in [0.29, 0.717) is 6.42 Å². The van der Waals surface area contributed by atoms with Gasteiger partial charge in [-0.15, -0.1) is 11.8 Å². The van der Waals surface area contributed by atoms with Crippen LogP contribution in [0, 0.1) is 0 Å². The standard InChI is InChI=1S/C16H26N2OS/c1-12(2)18(13(3)4)16(19)10-14(17)11-20-15-8-6-5-7-9-15/h5-9,12-14H,10-11,17H2,1-4H3/t14-/m1/s1. The Labute approximate surface area is 126 Å². The van der Waals surface area contributed by atoms with Gasteiger partial charge in [-0.3, -0.25) is 4.79 Å². The van der Waals surface area contributed by atoms with E-state index in [2.05, 4.69) is 12.1 Å². The lowest BCUT2D eigenvalue weighted by atomic mass is 10.1. The molecule has 0 saturated heterocycles. The summed E-state index contributed by atoms with van der Waals surface area (Å²) in [5.74, 6) is 0.913. The fourth-order valence-electron chi connectivity index (χ4n) is 2.28. The van der Waals surface area contributed by atoms with E-state index >= 15 is 0 Å². The van der Waals surface area contributed by atoms with Gasteiger partial charge in [0.25, 0.3) is 0 Å². The summed E-state index contributed by atoms with van der Waals surface area (Å²) in [6.45, 7) is 8.18. The predicted octanol–water partition coefficient (Wildman–Crippen LogP) is 3.14. The summed E-state index contributed by atoms with van der Waals surface area (Å²) < 4.78 is 0. The maximum Gasteiger partial charge on any atom is 0.224 e. The predicted molar refractivity (Wildman–Crippen MR) is 86.9 cm³/mol. The second kappa shape index (κ2) is 8.32. The van der Waals surface area contributed by atoms with Gasteiger partial charge < -0.3 is 10.6 Å². The molecule has 2 N–H and O–H groups in total. The molecule has 0 aliphatic rings. The summed E-state index contributed by atoms with van der Waals surface area (Å²) in [6.07, 6.45) is 0.413. The maximum absolute atomic E-state index is 12.3. The number of rotatable bonds is 7. The summed E-state index contributed by atoms with van der Waals surface area (Å²) in [7, 11) is 0. The highest BCUT2D eigenvalue weighted by Crippen LogP contribution is 2.19. The lowest BCUT2D eigenvalue weighted by molar-refractivity contribution is -0.135. The Kier molecular flexibility index (Phi) is 7.10. The third kappa shape index (κ3) is 5.55. The van der Waals surface area contributed by atoms with E-state index in [1.807, 2.05) is 50.8 Å². The first kappa shape index (κ1) is 17.1. The molecule has 20 heavy (non-hydrogen) atoms. The van der Waals surface area contributed by atoms with Crippen molar-refractivity contribution in [1.29, 1.82) is 0 Å². The number of amides is 1. The summed E-state index contributed by atoms with van der Waals surface area (Å²) in [5.41, 5.74) is 6.09. The smallest absolute Gasteiger partial charge is 0.224 e. The number of nitrogens with two attached hydrogens (primary N) is 1. The minimum Gasteiger partial charge on any atom is -0.338 e. The van der Waals surface area contributed by atoms with Crippen LogP contribution >= 0.6 is 11.8 Å². The van der Waals surface area contributed by atoms with Crippen LogP contribution in [0.3, 0.4) is 0 Å². The molecular weight excluding hydrogens is 268 g/mol. The number of hydrogen-bond acceptors (Lipinski definition) is 3. The van der Waals surface area contributed by atoms with E-state index < -0.39 is 0 Å². The van der Waals surface area contributed by atoms with E-state index in [-0.39, 0.29) is 24.0 Å². The highest BCUT2D eigenvalue weighted by Gasteiger charge is 2.21. The first-order chi connectivity index (χ1) is 9.41. The van der Waals surface area contributed by atoms with E-state index in [0.717, 1.165) is 5.75 Å². The van der Waals surface area contributed by atoms with Gasteiger partial charge in [0, 0.05) is 35.2 Å². The molecular formula is C16H26N2OS. The fourth-order valence-corrected chi connectivity index (χ4v) is 3.15. The van der Waals surface area contributed by atoms with Crippen molar-refractivity contribution in [2.24, 2.45) is 5.73 Å². The van der Waals surface area contributed by atoms with E-state index in [1.165, 1.54) is 4.90 Å². The quantitative estimate of drug-likeness (QED) is 0.786. The molecule has 112 valence electrons. The molecule has 4 heteroatoms. The van der Waals surface area contributed by atoms with Gasteiger partial charge in [0.05, 0.1) is 0 Å². The molecule has 0 bridgehead atoms. The van der Waals surface area contributed by atoms with Gasteiger partial charge in [-0.1, -0.05) is 18.2 Å². The van der Waals surface area contributed by atoms with Crippen molar-refractivity contribution < 1.29 is 4.79 Å². The third-order valence-corrected chi connectivity index (χ3v) is 4.25. The van der Waals surface area contributed by atoms with Crippen LogP contribution in [0.4, 0.5) is 0 Å². The van der Waals surface area contributed by atoms with Crippen LogP contribution in [-0.4, -0.2) is 34.7 Å². The average molecular weight is 294 g/mol. The van der Waals surface area contributed by atoms with Gasteiger partial charge in [0.15, 0.2) is 0 Å². The van der Waals surface area contributed by atoms with Crippen molar-refractivity contribution in [3.05, 3.63) is 30.3 Å². The lowest BCUT2D eigenvalue weighted by Crippen LogP contribution is -2.44. The molecule has 1 atom stereocenters. The van der Waals surface area contributed by atoms with Crippen molar-refractivity contribution in [2.75, 3.05) is 5.75 Å². The van der Waals surface area contributed by atoms with Gasteiger partial charge in [-0.25, -0.2) is 0 Å². The monoisotopic (exact) mass is 294 g/mol. The minimum atomic E-state index is -0.104. The second-order valence-electron chi connectivity index (χ2n) is 5.58. The first-order valence-electron chi connectivity index (χ1n) is 7.16. The number of thioether (sulfide) groups is 1. The Hall–Kier alpha value is -1.00. The van der Waals surface area contributed by atoms with Gasteiger partial charge in [0.2, 0.25) is 5.91 Å². The molecule has 0 radical (unpaired) electrons. The molecule has 0 unspecified atom stereocenters. The van der Waals surface area contributed by atoms with E-state index in [1.54, 1.807) is 11.8 Å². The van der Waals surface area contributed by atoms with Crippen LogP contribution in [0.25, 0.3) is 0 Å². The number of carbonyl (C=O) groups is 1. The number of hydrogen-bond donors (Lipinski definition) is 1. The zero-order valence-electron chi connectivity index (χ0n) is 12.9. The van der Waals surface area contributed by atoms with Crippen molar-refractivity contribution in [2.45, 2.75) is 57.1 Å². The molecule has 0 fully saturated rings. The Morgan fingerprint density at radius 3 is 2.20 bits per heavy atom. The van der Waals surface area contributed by atoms with Crippen molar-refractivity contribution in [3.63, 3.8) is 0 Å². The Balaban J connectivity index is 2.45. The molecule has 1 amide bonds. The maximum atomic E-state index is 12.3. The van der Waals surface area contributed by atoms with Gasteiger partial charge in [0.1, 0.15) is 0 Å². The highest BCUT2D eigenvalue weighted by molar-refractivity contribution is 7.99. The molecule has 0 aromatic heterocycles. The van der Waals surface area contributed by atoms with E-state index in [4.69, 9.17) is 5.73 Å². The summed E-state index contributed by atoms with van der Waals surface area (Å²) >= 11 is 1.70. The number of benzene rings is 1. The zero-order chi connectivity index (χ0) is 15.1. The number of carbonyl (C=O) groups excluding carboxylic acids is 1. The molecule has 1 aromatic rings. The minimum absolute atomic E-state index is 0.104. The van der Waals surface area contributed by atoms with E-state index in [9.17, 15) is 4.79 Å². The molecule has 3 nitrogen and oxygen atoms in total. The molecule has 0 aliphatic heterocycles. The molecule has 1 rings (SSSR count). The molecule has 1 aromatic carbocycles. The van der Waals surface area contributed by atoms with Crippen molar-refractivity contribution in [3.8, 4) is 0 Å². The zero-order valence-corrected chi connectivity index (χ0v) is 13.7. The van der Waals surface area contributed by atoms with Crippen LogP contribution in [0.5, 0.6) is 0 Å². The topological polar surface area (TPSA) is 46.3 Å². The molecule has 0 aliphatic carbocycles. The highest BCUT2D eigenvalue weighted by atomic mass is 32.2. The third-order valence-electron chi connectivity index (χ3n) is 3.04. The largest absolute Gasteiger partial charge is 0.338 e. The normalized spacial score (nSPS) is 12.8. The van der Waals surface area contributed by atoms with Crippen LogP contribution in [-0.2, 0) is 4.79 Å². The Morgan fingerprint density at radius 2 is 1.70 bits per heavy atom. The summed E-state index contributed by atoms with van der Waals surface area (Å²) in [6, 6.07) is 10.5. The lowest BCUT2D eigenvalue weighted by Gasteiger charge is -2.31. The summed E-state index contributed by atoms with van der Waals surface area (Å²) in [5, 5.41) is 0. The molecule has 0 spiro atoms. The Bertz CT molecular complexity index is 398. The molecule has 0 heterocycles. The van der Waals surface area contributed by atoms with Crippen LogP contribution in [0.2, 0.25) is 0 Å². The first-order valence-corrected chi connectivity index (χ1v) is 8.15. The second-order valence-corrected chi connectivity index (χ2v) is 6.67. The average Bonchev–Trinajstić information content (AvgIpc) is 2.36. The fraction of sp³-hybridized carbons (Fsp3) is 0.562. The summed E-state index contributed by atoms with van der Waals surface area (Å²) in [4.78, 5) is 15.4. The van der Waals surface area contributed by atoms with Crippen molar-refractivity contribution in [1.82, 2.24) is 4.90 Å².